The fourth-order valence-electron chi connectivity index (χ4n) is 3.41. The first-order valence-corrected chi connectivity index (χ1v) is 10.2. The van der Waals surface area contributed by atoms with Crippen LogP contribution >= 0.6 is 0 Å². The maximum Gasteiger partial charge on any atom is 0.332 e. The Kier molecular flexibility index (Phi) is 6.94. The van der Waals surface area contributed by atoms with Gasteiger partial charge in [-0.2, -0.15) is 0 Å². The van der Waals surface area contributed by atoms with E-state index in [4.69, 9.17) is 9.15 Å². The molecule has 1 unspecified atom stereocenters. The molecule has 9 nitrogen and oxygen atoms in total. The van der Waals surface area contributed by atoms with E-state index in [-0.39, 0.29) is 25.7 Å². The largest absolute Gasteiger partial charge is 0.467 e. The van der Waals surface area contributed by atoms with Gasteiger partial charge in [0.2, 0.25) is 0 Å². The fourth-order valence-corrected chi connectivity index (χ4v) is 3.41. The van der Waals surface area contributed by atoms with E-state index in [2.05, 4.69) is 18.8 Å². The zero-order chi connectivity index (χ0) is 21.8. The van der Waals surface area contributed by atoms with Gasteiger partial charge < -0.3 is 18.8 Å². The molecule has 0 aliphatic rings. The number of imidazole rings is 1. The van der Waals surface area contributed by atoms with Gasteiger partial charge in [0.1, 0.15) is 12.4 Å². The van der Waals surface area contributed by atoms with Gasteiger partial charge in [0.15, 0.2) is 11.2 Å². The van der Waals surface area contributed by atoms with Crippen LogP contribution in [0, 0.1) is 11.8 Å². The van der Waals surface area contributed by atoms with Crippen LogP contribution in [0.5, 0.6) is 0 Å². The van der Waals surface area contributed by atoms with Gasteiger partial charge in [-0.3, -0.25) is 13.9 Å². The number of aromatic nitrogens is 4. The van der Waals surface area contributed by atoms with E-state index in [1.807, 2.05) is 13.8 Å². The summed E-state index contributed by atoms with van der Waals surface area (Å²) >= 11 is 0. The van der Waals surface area contributed by atoms with E-state index in [1.54, 1.807) is 29.3 Å². The summed E-state index contributed by atoms with van der Waals surface area (Å²) in [5.41, 5.74) is -0.147. The number of aliphatic hydroxyl groups is 1. The van der Waals surface area contributed by atoms with Gasteiger partial charge in [0.25, 0.3) is 5.56 Å². The van der Waals surface area contributed by atoms with Crippen LogP contribution < -0.4 is 11.2 Å². The fraction of sp³-hybridized carbons (Fsp3) is 0.571. The third kappa shape index (κ3) is 4.91. The molecule has 9 heteroatoms. The van der Waals surface area contributed by atoms with Gasteiger partial charge in [-0.15, -0.1) is 0 Å². The highest BCUT2D eigenvalue weighted by Crippen LogP contribution is 2.11. The van der Waals surface area contributed by atoms with Crippen molar-refractivity contribution in [3.63, 3.8) is 0 Å². The van der Waals surface area contributed by atoms with E-state index >= 15 is 0 Å². The van der Waals surface area contributed by atoms with Crippen molar-refractivity contribution in [2.24, 2.45) is 11.8 Å². The average Bonchev–Trinajstić information content (AvgIpc) is 3.32. The molecule has 0 saturated carbocycles. The lowest BCUT2D eigenvalue weighted by molar-refractivity contribution is 0.0136. The lowest BCUT2D eigenvalue weighted by Gasteiger charge is -2.16. The van der Waals surface area contributed by atoms with Gasteiger partial charge in [-0.05, 0) is 24.0 Å². The van der Waals surface area contributed by atoms with Crippen LogP contribution in [0.15, 0.2) is 38.7 Å². The van der Waals surface area contributed by atoms with E-state index in [0.29, 0.717) is 35.9 Å². The van der Waals surface area contributed by atoms with Crippen LogP contribution in [0.1, 0.15) is 33.5 Å². The quantitative estimate of drug-likeness (QED) is 0.539. The van der Waals surface area contributed by atoms with Crippen molar-refractivity contribution in [1.29, 1.82) is 0 Å². The van der Waals surface area contributed by atoms with Crippen LogP contribution in [0.2, 0.25) is 0 Å². The average molecular weight is 418 g/mol. The Bertz CT molecular complexity index is 1080. The molecule has 164 valence electrons. The summed E-state index contributed by atoms with van der Waals surface area (Å²) in [6.07, 6.45) is 2.13. The van der Waals surface area contributed by atoms with Crippen LogP contribution in [0.4, 0.5) is 0 Å². The maximum atomic E-state index is 13.2. The molecule has 0 aliphatic carbocycles. The van der Waals surface area contributed by atoms with E-state index < -0.39 is 17.4 Å². The van der Waals surface area contributed by atoms with Crippen LogP contribution in [0.25, 0.3) is 11.2 Å². The predicted molar refractivity (Wildman–Crippen MR) is 112 cm³/mol. The highest BCUT2D eigenvalue weighted by Gasteiger charge is 2.20. The zero-order valence-corrected chi connectivity index (χ0v) is 17.9. The summed E-state index contributed by atoms with van der Waals surface area (Å²) in [4.78, 5) is 30.6. The molecule has 0 amide bonds. The normalized spacial score (nSPS) is 13.0. The van der Waals surface area contributed by atoms with Crippen molar-refractivity contribution in [2.75, 3.05) is 6.61 Å². The summed E-state index contributed by atoms with van der Waals surface area (Å²) in [5.74, 6) is 1.13. The standard InChI is InChI=1S/C21H30N4O5/c1-14(2)8-23-13-22-19-18(23)20(27)25(21(28)24(19)9-15(3)4)10-16(26)11-29-12-17-6-5-7-30-17/h5-7,13-16,26H,8-12H2,1-4H3. The van der Waals surface area contributed by atoms with Crippen molar-refractivity contribution < 1.29 is 14.3 Å². The Morgan fingerprint density at radius 1 is 1.10 bits per heavy atom. The first-order valence-electron chi connectivity index (χ1n) is 10.2. The summed E-state index contributed by atoms with van der Waals surface area (Å²) in [6, 6.07) is 3.52. The predicted octanol–water partition coefficient (Wildman–Crippen LogP) is 1.84. The van der Waals surface area contributed by atoms with Gasteiger partial charge >= 0.3 is 5.69 Å². The molecule has 30 heavy (non-hydrogen) atoms. The summed E-state index contributed by atoms with van der Waals surface area (Å²) in [7, 11) is 0. The number of rotatable bonds is 10. The number of hydrogen-bond acceptors (Lipinski definition) is 6. The Morgan fingerprint density at radius 3 is 2.47 bits per heavy atom. The van der Waals surface area contributed by atoms with Crippen molar-refractivity contribution in [3.8, 4) is 0 Å². The second kappa shape index (κ2) is 9.44. The summed E-state index contributed by atoms with van der Waals surface area (Å²) < 4.78 is 15.0. The monoisotopic (exact) mass is 418 g/mol. The van der Waals surface area contributed by atoms with E-state index in [9.17, 15) is 14.7 Å². The van der Waals surface area contributed by atoms with Crippen LogP contribution in [-0.2, 0) is 31.0 Å². The van der Waals surface area contributed by atoms with Crippen LogP contribution in [0.3, 0.4) is 0 Å². The Morgan fingerprint density at radius 2 is 1.83 bits per heavy atom. The minimum absolute atomic E-state index is 0.0277. The number of nitrogens with zero attached hydrogens (tertiary/aromatic N) is 4. The van der Waals surface area contributed by atoms with Gasteiger partial charge in [-0.1, -0.05) is 27.7 Å². The Hall–Kier alpha value is -2.65. The SMILES string of the molecule is CC(C)Cn1cnc2c1c(=O)n(CC(O)COCc1ccco1)c(=O)n2CC(C)C. The highest BCUT2D eigenvalue weighted by atomic mass is 16.5. The minimum atomic E-state index is -1.02. The third-order valence-electron chi connectivity index (χ3n) is 4.62. The second-order valence-corrected chi connectivity index (χ2v) is 8.41. The number of fused-ring (bicyclic) bond motifs is 1. The molecule has 1 N–H and O–H groups in total. The van der Waals surface area contributed by atoms with E-state index in [1.165, 1.54) is 4.57 Å². The first-order chi connectivity index (χ1) is 14.3. The number of ether oxygens (including phenoxy) is 1. The molecule has 3 heterocycles. The molecule has 0 aliphatic heterocycles. The molecular formula is C21H30N4O5. The van der Waals surface area contributed by atoms with Crippen molar-refractivity contribution in [1.82, 2.24) is 18.7 Å². The topological polar surface area (TPSA) is 104 Å². The van der Waals surface area contributed by atoms with Gasteiger partial charge in [0.05, 0.1) is 31.8 Å². The molecule has 3 rings (SSSR count). The van der Waals surface area contributed by atoms with Gasteiger partial charge in [0, 0.05) is 13.1 Å². The number of hydrogen-bond donors (Lipinski definition) is 1. The smallest absolute Gasteiger partial charge is 0.332 e. The first kappa shape index (κ1) is 22.0. The highest BCUT2D eigenvalue weighted by molar-refractivity contribution is 5.70. The lowest BCUT2D eigenvalue weighted by atomic mass is 10.2. The summed E-state index contributed by atoms with van der Waals surface area (Å²) in [5, 5.41) is 10.4. The van der Waals surface area contributed by atoms with Crippen LogP contribution in [-0.4, -0.2) is 36.5 Å². The van der Waals surface area contributed by atoms with Gasteiger partial charge in [-0.25, -0.2) is 9.78 Å². The number of furan rings is 1. The molecule has 0 bridgehead atoms. The summed E-state index contributed by atoms with van der Waals surface area (Å²) in [6.45, 7) is 9.16. The minimum Gasteiger partial charge on any atom is -0.467 e. The Balaban J connectivity index is 1.91. The van der Waals surface area contributed by atoms with E-state index in [0.717, 1.165) is 4.57 Å². The molecule has 0 aromatic carbocycles. The van der Waals surface area contributed by atoms with Crippen molar-refractivity contribution in [3.05, 3.63) is 51.3 Å². The molecule has 0 fully saturated rings. The maximum absolute atomic E-state index is 13.2. The molecular weight excluding hydrogens is 388 g/mol. The second-order valence-electron chi connectivity index (χ2n) is 8.41. The molecule has 3 aromatic rings. The third-order valence-corrected chi connectivity index (χ3v) is 4.62. The van der Waals surface area contributed by atoms with Crippen molar-refractivity contribution >= 4 is 11.2 Å². The van der Waals surface area contributed by atoms with Crippen molar-refractivity contribution in [2.45, 2.75) is 60.0 Å². The number of aliphatic hydroxyl groups excluding tert-OH is 1. The molecule has 0 saturated heterocycles. The Labute approximate surface area is 174 Å². The zero-order valence-electron chi connectivity index (χ0n) is 17.9. The molecule has 1 atom stereocenters. The molecule has 0 radical (unpaired) electrons. The molecule has 3 aromatic heterocycles. The molecule has 0 spiro atoms. The lowest BCUT2D eigenvalue weighted by Crippen LogP contribution is -2.44.